The van der Waals surface area contributed by atoms with E-state index in [9.17, 15) is 24.8 Å². The molecule has 0 aliphatic heterocycles. The summed E-state index contributed by atoms with van der Waals surface area (Å²) in [5, 5.41) is 25.4. The van der Waals surface area contributed by atoms with Crippen molar-refractivity contribution in [1.29, 1.82) is 0 Å². The van der Waals surface area contributed by atoms with E-state index in [0.717, 1.165) is 12.5 Å². The zero-order valence-electron chi connectivity index (χ0n) is 11.8. The van der Waals surface area contributed by atoms with Crippen LogP contribution in [0.5, 0.6) is 5.75 Å². The summed E-state index contributed by atoms with van der Waals surface area (Å²) in [6, 6.07) is 2.80. The zero-order chi connectivity index (χ0) is 16.0. The summed E-state index contributed by atoms with van der Waals surface area (Å²) >= 11 is 0. The average molecular weight is 295 g/mol. The van der Waals surface area contributed by atoms with Gasteiger partial charge in [-0.1, -0.05) is 13.0 Å². The van der Waals surface area contributed by atoms with E-state index in [1.54, 1.807) is 0 Å². The molecule has 0 fully saturated rings. The number of para-hydroxylation sites is 1. The molecule has 0 radical (unpaired) electrons. The number of phenolic OH excluding ortho intramolecular Hbond substituents is 1. The van der Waals surface area contributed by atoms with Crippen LogP contribution in [0.2, 0.25) is 0 Å². The minimum absolute atomic E-state index is 0.251. The van der Waals surface area contributed by atoms with Gasteiger partial charge >= 0.3 is 5.69 Å². The van der Waals surface area contributed by atoms with Crippen molar-refractivity contribution < 1.29 is 19.6 Å². The third-order valence-corrected chi connectivity index (χ3v) is 2.75. The number of nitro groups is 1. The van der Waals surface area contributed by atoms with E-state index in [2.05, 4.69) is 10.6 Å². The highest BCUT2D eigenvalue weighted by Crippen LogP contribution is 2.29. The molecule has 1 rings (SSSR count). The summed E-state index contributed by atoms with van der Waals surface area (Å²) in [5.41, 5.74) is -0.815. The Bertz CT molecular complexity index is 559. The van der Waals surface area contributed by atoms with Gasteiger partial charge in [0.25, 0.3) is 5.91 Å². The summed E-state index contributed by atoms with van der Waals surface area (Å²) in [6.07, 6.45) is 0.762. The SMILES string of the molecule is CCCNC(=O)C(C)NC(=O)c1cccc([N+](=O)[O-])c1O. The molecule has 0 heterocycles. The van der Waals surface area contributed by atoms with Gasteiger partial charge in [-0.05, 0) is 19.4 Å². The first-order valence-corrected chi connectivity index (χ1v) is 6.43. The van der Waals surface area contributed by atoms with Crippen LogP contribution in [0, 0.1) is 10.1 Å². The van der Waals surface area contributed by atoms with Gasteiger partial charge in [0.15, 0.2) is 0 Å². The highest BCUT2D eigenvalue weighted by Gasteiger charge is 2.23. The van der Waals surface area contributed by atoms with Crippen LogP contribution in [0.1, 0.15) is 30.6 Å². The van der Waals surface area contributed by atoms with Gasteiger partial charge in [0.05, 0.1) is 10.5 Å². The fraction of sp³-hybridized carbons (Fsp3) is 0.385. The molecule has 3 N–H and O–H groups in total. The predicted molar refractivity (Wildman–Crippen MR) is 75.0 cm³/mol. The molecular formula is C13H17N3O5. The van der Waals surface area contributed by atoms with Crippen LogP contribution < -0.4 is 10.6 Å². The van der Waals surface area contributed by atoms with Crippen molar-refractivity contribution in [3.05, 3.63) is 33.9 Å². The van der Waals surface area contributed by atoms with Crippen LogP contribution in [-0.4, -0.2) is 34.4 Å². The summed E-state index contributed by atoms with van der Waals surface area (Å²) in [7, 11) is 0. The van der Waals surface area contributed by atoms with Crippen molar-refractivity contribution in [2.75, 3.05) is 6.54 Å². The van der Waals surface area contributed by atoms with Crippen LogP contribution in [0.3, 0.4) is 0 Å². The summed E-state index contributed by atoms with van der Waals surface area (Å²) in [4.78, 5) is 33.5. The average Bonchev–Trinajstić information content (AvgIpc) is 2.44. The van der Waals surface area contributed by atoms with Crippen molar-refractivity contribution >= 4 is 17.5 Å². The molecule has 0 saturated carbocycles. The van der Waals surface area contributed by atoms with Gasteiger partial charge in [-0.15, -0.1) is 0 Å². The molecule has 1 aromatic rings. The highest BCUT2D eigenvalue weighted by atomic mass is 16.6. The van der Waals surface area contributed by atoms with E-state index < -0.39 is 28.3 Å². The molecule has 0 saturated heterocycles. The number of nitrogens with one attached hydrogen (secondary N) is 2. The number of nitrogens with zero attached hydrogens (tertiary/aromatic N) is 1. The maximum atomic E-state index is 12.0. The fourth-order valence-corrected chi connectivity index (χ4v) is 1.60. The molecule has 1 unspecified atom stereocenters. The molecule has 8 nitrogen and oxygen atoms in total. The lowest BCUT2D eigenvalue weighted by atomic mass is 10.1. The number of aromatic hydroxyl groups is 1. The molecule has 0 aliphatic rings. The molecule has 2 amide bonds. The Morgan fingerprint density at radius 3 is 2.67 bits per heavy atom. The van der Waals surface area contributed by atoms with Gasteiger partial charge in [-0.2, -0.15) is 0 Å². The Labute approximate surface area is 121 Å². The Hall–Kier alpha value is -2.64. The Balaban J connectivity index is 2.83. The number of benzene rings is 1. The minimum atomic E-state index is -0.817. The maximum absolute atomic E-state index is 12.0. The number of nitro benzene ring substituents is 1. The van der Waals surface area contributed by atoms with Gasteiger partial charge < -0.3 is 15.7 Å². The molecule has 0 aromatic heterocycles. The third kappa shape index (κ3) is 4.16. The van der Waals surface area contributed by atoms with Crippen molar-refractivity contribution in [1.82, 2.24) is 10.6 Å². The van der Waals surface area contributed by atoms with E-state index >= 15 is 0 Å². The molecule has 1 atom stereocenters. The van der Waals surface area contributed by atoms with Gasteiger partial charge in [0.2, 0.25) is 11.7 Å². The lowest BCUT2D eigenvalue weighted by Gasteiger charge is -2.14. The molecule has 114 valence electrons. The van der Waals surface area contributed by atoms with Gasteiger partial charge in [0.1, 0.15) is 6.04 Å². The first kappa shape index (κ1) is 16.4. The first-order chi connectivity index (χ1) is 9.88. The second-order valence-electron chi connectivity index (χ2n) is 4.42. The third-order valence-electron chi connectivity index (χ3n) is 2.75. The van der Waals surface area contributed by atoms with E-state index in [4.69, 9.17) is 0 Å². The van der Waals surface area contributed by atoms with Crippen LogP contribution in [0.15, 0.2) is 18.2 Å². The number of carbonyl (C=O) groups is 2. The normalized spacial score (nSPS) is 11.5. The molecular weight excluding hydrogens is 278 g/mol. The van der Waals surface area contributed by atoms with Crippen LogP contribution >= 0.6 is 0 Å². The fourth-order valence-electron chi connectivity index (χ4n) is 1.60. The maximum Gasteiger partial charge on any atom is 0.311 e. The quantitative estimate of drug-likeness (QED) is 0.532. The summed E-state index contributed by atoms with van der Waals surface area (Å²) in [6.45, 7) is 3.86. The lowest BCUT2D eigenvalue weighted by Crippen LogP contribution is -2.45. The largest absolute Gasteiger partial charge is 0.502 e. The van der Waals surface area contributed by atoms with Gasteiger partial charge in [-0.25, -0.2) is 0 Å². The lowest BCUT2D eigenvalue weighted by molar-refractivity contribution is -0.385. The van der Waals surface area contributed by atoms with Gasteiger partial charge in [-0.3, -0.25) is 19.7 Å². The van der Waals surface area contributed by atoms with Crippen molar-refractivity contribution in [2.45, 2.75) is 26.3 Å². The number of carbonyl (C=O) groups excluding carboxylic acids is 2. The zero-order valence-corrected chi connectivity index (χ0v) is 11.8. The van der Waals surface area contributed by atoms with E-state index in [-0.39, 0.29) is 11.5 Å². The molecule has 21 heavy (non-hydrogen) atoms. The first-order valence-electron chi connectivity index (χ1n) is 6.43. The van der Waals surface area contributed by atoms with Crippen molar-refractivity contribution in [2.24, 2.45) is 0 Å². The van der Waals surface area contributed by atoms with Crippen LogP contribution in [0.25, 0.3) is 0 Å². The second-order valence-corrected chi connectivity index (χ2v) is 4.42. The molecule has 1 aromatic carbocycles. The summed E-state index contributed by atoms with van der Waals surface area (Å²) in [5.74, 6) is -1.84. The van der Waals surface area contributed by atoms with Crippen molar-refractivity contribution in [3.63, 3.8) is 0 Å². The van der Waals surface area contributed by atoms with E-state index in [0.29, 0.717) is 6.54 Å². The van der Waals surface area contributed by atoms with E-state index in [1.165, 1.54) is 19.1 Å². The van der Waals surface area contributed by atoms with Gasteiger partial charge in [0, 0.05) is 12.6 Å². The molecule has 8 heteroatoms. The highest BCUT2D eigenvalue weighted by molar-refractivity contribution is 6.00. The number of phenols is 1. The molecule has 0 spiro atoms. The number of amides is 2. The molecule has 0 aliphatic carbocycles. The second kappa shape index (κ2) is 7.22. The topological polar surface area (TPSA) is 122 Å². The van der Waals surface area contributed by atoms with Crippen LogP contribution in [-0.2, 0) is 4.79 Å². The summed E-state index contributed by atoms with van der Waals surface area (Å²) < 4.78 is 0. The Kier molecular flexibility index (Phi) is 5.65. The Morgan fingerprint density at radius 2 is 2.10 bits per heavy atom. The minimum Gasteiger partial charge on any atom is -0.502 e. The number of hydrogen-bond acceptors (Lipinski definition) is 5. The predicted octanol–water partition coefficient (Wildman–Crippen LogP) is 0.945. The van der Waals surface area contributed by atoms with Crippen molar-refractivity contribution in [3.8, 4) is 5.75 Å². The number of rotatable bonds is 6. The standard InChI is InChI=1S/C13H17N3O5/c1-3-7-14-12(18)8(2)15-13(19)9-5-4-6-10(11(9)17)16(20)21/h4-6,8,17H,3,7H2,1-2H3,(H,14,18)(H,15,19). The molecule has 0 bridgehead atoms. The monoisotopic (exact) mass is 295 g/mol. The van der Waals surface area contributed by atoms with E-state index in [1.807, 2.05) is 6.92 Å². The smallest absolute Gasteiger partial charge is 0.311 e. The number of hydrogen-bond donors (Lipinski definition) is 3. The van der Waals surface area contributed by atoms with Crippen LogP contribution in [0.4, 0.5) is 5.69 Å². The Morgan fingerprint density at radius 1 is 1.43 bits per heavy atom.